The third-order valence-corrected chi connectivity index (χ3v) is 4.20. The third kappa shape index (κ3) is 5.65. The number of rotatable bonds is 8. The van der Waals surface area contributed by atoms with E-state index in [4.69, 9.17) is 5.11 Å². The van der Waals surface area contributed by atoms with E-state index in [-0.39, 0.29) is 11.7 Å². The van der Waals surface area contributed by atoms with Gasteiger partial charge in [-0.2, -0.15) is 0 Å². The second-order valence-electron chi connectivity index (χ2n) is 4.54. The molecule has 1 unspecified atom stereocenters. The smallest absolute Gasteiger partial charge is 0.316 e. The SMILES string of the molecule is CCCc1ccc(NC(=O)CSC(CC)C(=O)O)cc1. The Morgan fingerprint density at radius 1 is 1.25 bits per heavy atom. The zero-order valence-corrected chi connectivity index (χ0v) is 12.7. The Bertz CT molecular complexity index is 445. The van der Waals surface area contributed by atoms with E-state index in [0.717, 1.165) is 30.3 Å². The van der Waals surface area contributed by atoms with Gasteiger partial charge in [0.05, 0.1) is 5.75 Å². The highest BCUT2D eigenvalue weighted by Crippen LogP contribution is 2.16. The molecule has 1 aromatic rings. The molecule has 0 aliphatic heterocycles. The molecule has 0 heterocycles. The standard InChI is InChI=1S/C15H21NO3S/c1-3-5-11-6-8-12(9-7-11)16-14(17)10-20-13(4-2)15(18)19/h6-9,13H,3-5,10H2,1-2H3,(H,16,17)(H,18,19). The maximum atomic E-state index is 11.7. The Hall–Kier alpha value is -1.49. The molecule has 110 valence electrons. The lowest BCUT2D eigenvalue weighted by Crippen LogP contribution is -2.20. The number of carbonyl (C=O) groups excluding carboxylic acids is 1. The summed E-state index contributed by atoms with van der Waals surface area (Å²) in [6.07, 6.45) is 2.63. The minimum atomic E-state index is -0.866. The predicted molar refractivity (Wildman–Crippen MR) is 83.2 cm³/mol. The van der Waals surface area contributed by atoms with Gasteiger partial charge in [-0.05, 0) is 30.5 Å². The fraction of sp³-hybridized carbons (Fsp3) is 0.467. The number of hydrogen-bond acceptors (Lipinski definition) is 3. The van der Waals surface area contributed by atoms with Crippen molar-refractivity contribution in [2.75, 3.05) is 11.1 Å². The molecule has 0 bridgehead atoms. The van der Waals surface area contributed by atoms with E-state index in [0.29, 0.717) is 6.42 Å². The van der Waals surface area contributed by atoms with Gasteiger partial charge < -0.3 is 10.4 Å². The molecule has 0 saturated heterocycles. The fourth-order valence-electron chi connectivity index (χ4n) is 1.78. The van der Waals surface area contributed by atoms with Crippen molar-refractivity contribution in [3.63, 3.8) is 0 Å². The number of anilines is 1. The van der Waals surface area contributed by atoms with Crippen LogP contribution in [0, 0.1) is 0 Å². The topological polar surface area (TPSA) is 66.4 Å². The number of aryl methyl sites for hydroxylation is 1. The van der Waals surface area contributed by atoms with E-state index in [2.05, 4.69) is 12.2 Å². The molecule has 2 N–H and O–H groups in total. The van der Waals surface area contributed by atoms with E-state index in [1.807, 2.05) is 24.3 Å². The first-order chi connectivity index (χ1) is 9.56. The summed E-state index contributed by atoms with van der Waals surface area (Å²) in [6, 6.07) is 7.75. The average molecular weight is 295 g/mol. The summed E-state index contributed by atoms with van der Waals surface area (Å²) in [7, 11) is 0. The molecule has 0 aliphatic carbocycles. The second-order valence-corrected chi connectivity index (χ2v) is 5.73. The molecule has 0 spiro atoms. The van der Waals surface area contributed by atoms with Gasteiger partial charge in [-0.25, -0.2) is 0 Å². The van der Waals surface area contributed by atoms with E-state index in [1.165, 1.54) is 5.56 Å². The van der Waals surface area contributed by atoms with E-state index in [1.54, 1.807) is 6.92 Å². The van der Waals surface area contributed by atoms with Gasteiger partial charge in [-0.15, -0.1) is 11.8 Å². The van der Waals surface area contributed by atoms with Crippen LogP contribution in [0.5, 0.6) is 0 Å². The lowest BCUT2D eigenvalue weighted by molar-refractivity contribution is -0.136. The van der Waals surface area contributed by atoms with Crippen LogP contribution >= 0.6 is 11.8 Å². The van der Waals surface area contributed by atoms with Crippen molar-refractivity contribution in [1.82, 2.24) is 0 Å². The second kappa shape index (κ2) is 8.64. The molecule has 0 aliphatic rings. The van der Waals surface area contributed by atoms with Crippen LogP contribution < -0.4 is 5.32 Å². The van der Waals surface area contributed by atoms with Crippen molar-refractivity contribution in [2.24, 2.45) is 0 Å². The van der Waals surface area contributed by atoms with Gasteiger partial charge in [0.2, 0.25) is 5.91 Å². The lowest BCUT2D eigenvalue weighted by atomic mass is 10.1. The highest BCUT2D eigenvalue weighted by molar-refractivity contribution is 8.01. The van der Waals surface area contributed by atoms with Gasteiger partial charge in [-0.3, -0.25) is 9.59 Å². The van der Waals surface area contributed by atoms with E-state index < -0.39 is 11.2 Å². The maximum Gasteiger partial charge on any atom is 0.316 e. The van der Waals surface area contributed by atoms with Crippen LogP contribution in [0.1, 0.15) is 32.3 Å². The predicted octanol–water partition coefficient (Wildman–Crippen LogP) is 3.17. The minimum absolute atomic E-state index is 0.154. The van der Waals surface area contributed by atoms with Crippen LogP contribution in [0.4, 0.5) is 5.69 Å². The Kier molecular flexibility index (Phi) is 7.15. The van der Waals surface area contributed by atoms with Crippen molar-refractivity contribution in [1.29, 1.82) is 0 Å². The van der Waals surface area contributed by atoms with Crippen LogP contribution in [-0.2, 0) is 16.0 Å². The van der Waals surface area contributed by atoms with Crippen LogP contribution in [-0.4, -0.2) is 28.0 Å². The summed E-state index contributed by atoms with van der Waals surface area (Å²) < 4.78 is 0. The zero-order chi connectivity index (χ0) is 15.0. The molecule has 1 aromatic carbocycles. The summed E-state index contributed by atoms with van der Waals surface area (Å²) >= 11 is 1.16. The quantitative estimate of drug-likeness (QED) is 0.773. The van der Waals surface area contributed by atoms with Gasteiger partial charge in [0.25, 0.3) is 0 Å². The monoisotopic (exact) mass is 295 g/mol. The van der Waals surface area contributed by atoms with E-state index >= 15 is 0 Å². The number of aliphatic carboxylic acids is 1. The van der Waals surface area contributed by atoms with Crippen molar-refractivity contribution in [2.45, 2.75) is 38.4 Å². The number of hydrogen-bond donors (Lipinski definition) is 2. The molecule has 1 atom stereocenters. The maximum absolute atomic E-state index is 11.7. The van der Waals surface area contributed by atoms with Crippen molar-refractivity contribution < 1.29 is 14.7 Å². The number of carboxylic acids is 1. The molecule has 1 amide bonds. The number of carboxylic acid groups (broad SMARTS) is 1. The molecule has 5 heteroatoms. The number of carbonyl (C=O) groups is 2. The van der Waals surface area contributed by atoms with Crippen LogP contribution in [0.15, 0.2) is 24.3 Å². The molecule has 20 heavy (non-hydrogen) atoms. The van der Waals surface area contributed by atoms with E-state index in [9.17, 15) is 9.59 Å². The Morgan fingerprint density at radius 3 is 2.40 bits per heavy atom. The van der Waals surface area contributed by atoms with Crippen molar-refractivity contribution in [3.05, 3.63) is 29.8 Å². The fourth-order valence-corrected chi connectivity index (χ4v) is 2.58. The van der Waals surface area contributed by atoms with Gasteiger partial charge in [0.1, 0.15) is 5.25 Å². The summed E-state index contributed by atoms with van der Waals surface area (Å²) in [6.45, 7) is 3.93. The summed E-state index contributed by atoms with van der Waals surface area (Å²) in [5.74, 6) is -0.881. The Balaban J connectivity index is 2.43. The molecule has 4 nitrogen and oxygen atoms in total. The molecule has 1 rings (SSSR count). The molecule has 0 aromatic heterocycles. The number of nitrogens with one attached hydrogen (secondary N) is 1. The average Bonchev–Trinajstić information content (AvgIpc) is 2.41. The molecular formula is C15H21NO3S. The molecule has 0 radical (unpaired) electrons. The van der Waals surface area contributed by atoms with Crippen molar-refractivity contribution in [3.8, 4) is 0 Å². The van der Waals surface area contributed by atoms with Gasteiger partial charge in [0.15, 0.2) is 0 Å². The van der Waals surface area contributed by atoms with Crippen molar-refractivity contribution >= 4 is 29.3 Å². The first kappa shape index (κ1) is 16.6. The minimum Gasteiger partial charge on any atom is -0.480 e. The highest BCUT2D eigenvalue weighted by atomic mass is 32.2. The first-order valence-corrected chi connectivity index (χ1v) is 7.84. The zero-order valence-electron chi connectivity index (χ0n) is 11.9. The van der Waals surface area contributed by atoms with Gasteiger partial charge in [-0.1, -0.05) is 32.4 Å². The summed E-state index contributed by atoms with van der Waals surface area (Å²) in [4.78, 5) is 22.6. The number of benzene rings is 1. The highest BCUT2D eigenvalue weighted by Gasteiger charge is 2.16. The Labute approximate surface area is 124 Å². The first-order valence-electron chi connectivity index (χ1n) is 6.80. The van der Waals surface area contributed by atoms with Crippen LogP contribution in [0.3, 0.4) is 0 Å². The number of thioether (sulfide) groups is 1. The molecule has 0 fully saturated rings. The Morgan fingerprint density at radius 2 is 1.90 bits per heavy atom. The van der Waals surface area contributed by atoms with Gasteiger partial charge >= 0.3 is 5.97 Å². The van der Waals surface area contributed by atoms with Crippen LogP contribution in [0.2, 0.25) is 0 Å². The summed E-state index contributed by atoms with van der Waals surface area (Å²) in [5.41, 5.74) is 2.00. The third-order valence-electron chi connectivity index (χ3n) is 2.84. The number of amides is 1. The molecule has 0 saturated carbocycles. The summed E-state index contributed by atoms with van der Waals surface area (Å²) in [5, 5.41) is 11.2. The van der Waals surface area contributed by atoms with Crippen LogP contribution in [0.25, 0.3) is 0 Å². The molecular weight excluding hydrogens is 274 g/mol. The van der Waals surface area contributed by atoms with Gasteiger partial charge in [0, 0.05) is 5.69 Å². The lowest BCUT2D eigenvalue weighted by Gasteiger charge is -2.10. The normalized spacial score (nSPS) is 11.9. The largest absolute Gasteiger partial charge is 0.480 e.